The molecule has 2 unspecified atom stereocenters. The summed E-state index contributed by atoms with van der Waals surface area (Å²) in [6, 6.07) is 9.48. The molecule has 108 valence electrons. The third kappa shape index (κ3) is 7.82. The van der Waals surface area contributed by atoms with E-state index in [9.17, 15) is 5.11 Å². The van der Waals surface area contributed by atoms with Crippen molar-refractivity contribution in [3.05, 3.63) is 30.3 Å². The van der Waals surface area contributed by atoms with E-state index >= 15 is 0 Å². The summed E-state index contributed by atoms with van der Waals surface area (Å²) in [7, 11) is 0. The van der Waals surface area contributed by atoms with Crippen LogP contribution in [0.25, 0.3) is 0 Å². The van der Waals surface area contributed by atoms with E-state index in [1.165, 1.54) is 0 Å². The first kappa shape index (κ1) is 16.0. The van der Waals surface area contributed by atoms with Gasteiger partial charge in [-0.05, 0) is 37.4 Å². The maximum absolute atomic E-state index is 9.74. The lowest BCUT2D eigenvalue weighted by Gasteiger charge is -2.13. The van der Waals surface area contributed by atoms with Gasteiger partial charge in [-0.15, -0.1) is 0 Å². The van der Waals surface area contributed by atoms with Gasteiger partial charge in [0.25, 0.3) is 0 Å². The van der Waals surface area contributed by atoms with Gasteiger partial charge in [-0.25, -0.2) is 0 Å². The Hall–Kier alpha value is -1.10. The monoisotopic (exact) mass is 267 g/mol. The molecule has 0 spiro atoms. The Morgan fingerprint density at radius 3 is 2.68 bits per heavy atom. The SMILES string of the molecule is CC(CO)CCCNCC(O)COc1ccccc1. The fourth-order valence-corrected chi connectivity index (χ4v) is 1.70. The molecule has 0 bridgehead atoms. The molecule has 1 aromatic carbocycles. The van der Waals surface area contributed by atoms with Crippen LogP contribution in [0.2, 0.25) is 0 Å². The normalized spacial score (nSPS) is 14.1. The molecule has 2 atom stereocenters. The van der Waals surface area contributed by atoms with Gasteiger partial charge >= 0.3 is 0 Å². The third-order valence-corrected chi connectivity index (χ3v) is 2.93. The van der Waals surface area contributed by atoms with Gasteiger partial charge in [0.15, 0.2) is 0 Å². The number of aliphatic hydroxyl groups excluding tert-OH is 2. The van der Waals surface area contributed by atoms with E-state index in [0.717, 1.165) is 25.1 Å². The molecular formula is C15H25NO3. The van der Waals surface area contributed by atoms with Crippen LogP contribution in [-0.4, -0.2) is 42.6 Å². The standard InChI is InChI=1S/C15H25NO3/c1-13(11-17)6-5-9-16-10-14(18)12-19-15-7-3-2-4-8-15/h2-4,7-8,13-14,16-18H,5-6,9-12H2,1H3. The number of hydrogen-bond acceptors (Lipinski definition) is 4. The van der Waals surface area contributed by atoms with Crippen LogP contribution in [0.3, 0.4) is 0 Å². The number of ether oxygens (including phenoxy) is 1. The van der Waals surface area contributed by atoms with Crippen molar-refractivity contribution < 1.29 is 14.9 Å². The van der Waals surface area contributed by atoms with E-state index in [4.69, 9.17) is 9.84 Å². The van der Waals surface area contributed by atoms with Crippen molar-refractivity contribution in [1.82, 2.24) is 5.32 Å². The predicted molar refractivity (Wildman–Crippen MR) is 76.3 cm³/mol. The van der Waals surface area contributed by atoms with E-state index in [-0.39, 0.29) is 6.61 Å². The molecule has 3 N–H and O–H groups in total. The molecule has 0 aromatic heterocycles. The largest absolute Gasteiger partial charge is 0.491 e. The van der Waals surface area contributed by atoms with Crippen molar-refractivity contribution in [2.45, 2.75) is 25.9 Å². The van der Waals surface area contributed by atoms with Crippen molar-refractivity contribution >= 4 is 0 Å². The van der Waals surface area contributed by atoms with E-state index in [1.54, 1.807) is 0 Å². The number of benzene rings is 1. The molecule has 1 aromatic rings. The first-order chi connectivity index (χ1) is 9.22. The maximum atomic E-state index is 9.74. The van der Waals surface area contributed by atoms with Crippen molar-refractivity contribution in [1.29, 1.82) is 0 Å². The number of para-hydroxylation sites is 1. The van der Waals surface area contributed by atoms with Crippen molar-refractivity contribution in [2.24, 2.45) is 5.92 Å². The molecule has 0 amide bonds. The van der Waals surface area contributed by atoms with Crippen molar-refractivity contribution in [3.8, 4) is 5.75 Å². The van der Waals surface area contributed by atoms with E-state index < -0.39 is 6.10 Å². The van der Waals surface area contributed by atoms with Crippen LogP contribution in [-0.2, 0) is 0 Å². The molecule has 0 heterocycles. The number of hydrogen-bond donors (Lipinski definition) is 3. The number of nitrogens with one attached hydrogen (secondary N) is 1. The van der Waals surface area contributed by atoms with Gasteiger partial charge < -0.3 is 20.3 Å². The van der Waals surface area contributed by atoms with Crippen LogP contribution in [0, 0.1) is 5.92 Å². The predicted octanol–water partition coefficient (Wildman–Crippen LogP) is 1.42. The van der Waals surface area contributed by atoms with Crippen LogP contribution in [0.1, 0.15) is 19.8 Å². The Bertz CT molecular complexity index is 318. The molecule has 0 aliphatic carbocycles. The summed E-state index contributed by atoms with van der Waals surface area (Å²) >= 11 is 0. The Kier molecular flexibility index (Phi) is 8.21. The van der Waals surface area contributed by atoms with Crippen LogP contribution in [0.15, 0.2) is 30.3 Å². The Morgan fingerprint density at radius 1 is 1.26 bits per heavy atom. The second-order valence-electron chi connectivity index (χ2n) is 4.91. The van der Waals surface area contributed by atoms with Gasteiger partial charge in [0.05, 0.1) is 0 Å². The molecule has 19 heavy (non-hydrogen) atoms. The Morgan fingerprint density at radius 2 is 2.00 bits per heavy atom. The van der Waals surface area contributed by atoms with Crippen molar-refractivity contribution in [2.75, 3.05) is 26.3 Å². The average molecular weight is 267 g/mol. The van der Waals surface area contributed by atoms with Gasteiger partial charge in [-0.2, -0.15) is 0 Å². The van der Waals surface area contributed by atoms with Gasteiger partial charge in [-0.3, -0.25) is 0 Å². The van der Waals surface area contributed by atoms with Gasteiger partial charge in [-0.1, -0.05) is 25.1 Å². The number of rotatable bonds is 10. The molecule has 0 radical (unpaired) electrons. The highest BCUT2D eigenvalue weighted by Gasteiger charge is 2.05. The van der Waals surface area contributed by atoms with Gasteiger partial charge in [0, 0.05) is 13.2 Å². The summed E-state index contributed by atoms with van der Waals surface area (Å²) < 4.78 is 5.46. The van der Waals surface area contributed by atoms with E-state index in [0.29, 0.717) is 19.1 Å². The van der Waals surface area contributed by atoms with Crippen LogP contribution in [0.5, 0.6) is 5.75 Å². The highest BCUT2D eigenvalue weighted by Crippen LogP contribution is 2.08. The first-order valence-corrected chi connectivity index (χ1v) is 6.90. The minimum absolute atomic E-state index is 0.244. The van der Waals surface area contributed by atoms with E-state index in [2.05, 4.69) is 5.32 Å². The smallest absolute Gasteiger partial charge is 0.119 e. The Labute approximate surface area is 115 Å². The van der Waals surface area contributed by atoms with Crippen LogP contribution in [0.4, 0.5) is 0 Å². The van der Waals surface area contributed by atoms with Gasteiger partial charge in [0.1, 0.15) is 18.5 Å². The first-order valence-electron chi connectivity index (χ1n) is 6.90. The highest BCUT2D eigenvalue weighted by atomic mass is 16.5. The third-order valence-electron chi connectivity index (χ3n) is 2.93. The summed E-state index contributed by atoms with van der Waals surface area (Å²) in [6.07, 6.45) is 1.50. The second-order valence-corrected chi connectivity index (χ2v) is 4.91. The zero-order valence-electron chi connectivity index (χ0n) is 11.6. The summed E-state index contributed by atoms with van der Waals surface area (Å²) in [6.45, 7) is 3.95. The topological polar surface area (TPSA) is 61.7 Å². The van der Waals surface area contributed by atoms with Gasteiger partial charge in [0.2, 0.25) is 0 Å². The molecular weight excluding hydrogens is 242 g/mol. The fraction of sp³-hybridized carbons (Fsp3) is 0.600. The summed E-state index contributed by atoms with van der Waals surface area (Å²) in [5, 5.41) is 21.8. The maximum Gasteiger partial charge on any atom is 0.119 e. The molecule has 0 aliphatic heterocycles. The fourth-order valence-electron chi connectivity index (χ4n) is 1.70. The lowest BCUT2D eigenvalue weighted by molar-refractivity contribution is 0.106. The molecule has 4 nitrogen and oxygen atoms in total. The zero-order valence-corrected chi connectivity index (χ0v) is 11.6. The second kappa shape index (κ2) is 9.78. The minimum Gasteiger partial charge on any atom is -0.491 e. The average Bonchev–Trinajstić information content (AvgIpc) is 2.45. The van der Waals surface area contributed by atoms with E-state index in [1.807, 2.05) is 37.3 Å². The quantitative estimate of drug-likeness (QED) is 0.561. The summed E-state index contributed by atoms with van der Waals surface area (Å²) in [4.78, 5) is 0. The van der Waals surface area contributed by atoms with Crippen LogP contribution >= 0.6 is 0 Å². The zero-order chi connectivity index (χ0) is 13.9. The molecule has 1 rings (SSSR count). The molecule has 0 saturated heterocycles. The molecule has 4 heteroatoms. The number of aliphatic hydroxyl groups is 2. The molecule has 0 aliphatic rings. The Balaban J connectivity index is 2.00. The van der Waals surface area contributed by atoms with Crippen LogP contribution < -0.4 is 10.1 Å². The molecule has 0 fully saturated rings. The molecule has 0 saturated carbocycles. The van der Waals surface area contributed by atoms with Crippen molar-refractivity contribution in [3.63, 3.8) is 0 Å². The minimum atomic E-state index is -0.504. The summed E-state index contributed by atoms with van der Waals surface area (Å²) in [5.74, 6) is 1.13. The lowest BCUT2D eigenvalue weighted by Crippen LogP contribution is -2.32. The highest BCUT2D eigenvalue weighted by molar-refractivity contribution is 5.20. The summed E-state index contributed by atoms with van der Waals surface area (Å²) in [5.41, 5.74) is 0. The lowest BCUT2D eigenvalue weighted by atomic mass is 10.1.